The second-order valence-corrected chi connectivity index (χ2v) is 5.94. The van der Waals surface area contributed by atoms with Crippen molar-refractivity contribution in [1.82, 2.24) is 0 Å². The van der Waals surface area contributed by atoms with E-state index in [-0.39, 0.29) is 31.1 Å². The van der Waals surface area contributed by atoms with E-state index in [0.717, 1.165) is 0 Å². The Labute approximate surface area is 101 Å². The van der Waals surface area contributed by atoms with Crippen molar-refractivity contribution in [3.63, 3.8) is 0 Å². The molecule has 0 aromatic heterocycles. The van der Waals surface area contributed by atoms with Gasteiger partial charge in [0.1, 0.15) is 0 Å². The molecule has 5 nitrogen and oxygen atoms in total. The van der Waals surface area contributed by atoms with E-state index < -0.39 is 40.6 Å². The largest absolute Gasteiger partial charge is 0.481 e. The van der Waals surface area contributed by atoms with Gasteiger partial charge in [0.15, 0.2) is 0 Å². The zero-order chi connectivity index (χ0) is 13.3. The molecule has 2 unspecified atom stereocenters. The maximum Gasteiger partial charge on any atom is 0.304 e. The summed E-state index contributed by atoms with van der Waals surface area (Å²) in [5, 5.41) is 19.5. The Morgan fingerprint density at radius 1 is 1.44 bits per heavy atom. The minimum Gasteiger partial charge on any atom is -0.481 e. The molecule has 0 heterocycles. The summed E-state index contributed by atoms with van der Waals surface area (Å²) < 4.78 is 26.5. The minimum absolute atomic E-state index is 0.200. The van der Waals surface area contributed by atoms with Gasteiger partial charge < -0.3 is 5.11 Å². The fourth-order valence-electron chi connectivity index (χ4n) is 4.44. The third-order valence-electron chi connectivity index (χ3n) is 5.13. The number of nitro groups is 1. The third kappa shape index (κ3) is 1.33. The number of hydrogen-bond acceptors (Lipinski definition) is 3. The highest BCUT2D eigenvalue weighted by atomic mass is 19.3. The lowest BCUT2D eigenvalue weighted by Crippen LogP contribution is -2.53. The van der Waals surface area contributed by atoms with Crippen LogP contribution in [0, 0.1) is 39.2 Å². The summed E-state index contributed by atoms with van der Waals surface area (Å²) >= 11 is 0. The van der Waals surface area contributed by atoms with Crippen molar-refractivity contribution in [3.05, 3.63) is 10.1 Å². The zero-order valence-electron chi connectivity index (χ0n) is 9.51. The standard InChI is InChI=1S/C11H13F2NO4/c12-11(13)7-1-6-5(9(7)11)2-10(6,3-8(15)16)4-14(17)18/h5-7,9H,1-4H2,(H,15,16)/t5-,6-,7?,9?,10-/m1/s1. The van der Waals surface area contributed by atoms with Gasteiger partial charge in [-0.25, -0.2) is 8.78 Å². The summed E-state index contributed by atoms with van der Waals surface area (Å²) in [6, 6.07) is 0. The topological polar surface area (TPSA) is 80.4 Å². The van der Waals surface area contributed by atoms with E-state index in [9.17, 15) is 23.7 Å². The number of carboxylic acids is 1. The molecule has 3 rings (SSSR count). The Hall–Kier alpha value is -1.27. The number of halogens is 2. The lowest BCUT2D eigenvalue weighted by molar-refractivity contribution is -0.507. The summed E-state index contributed by atoms with van der Waals surface area (Å²) in [4.78, 5) is 21.0. The second-order valence-electron chi connectivity index (χ2n) is 5.94. The van der Waals surface area contributed by atoms with Crippen LogP contribution >= 0.6 is 0 Å². The van der Waals surface area contributed by atoms with E-state index in [0.29, 0.717) is 0 Å². The number of carbonyl (C=O) groups is 1. The molecule has 0 radical (unpaired) electrons. The highest BCUT2D eigenvalue weighted by Crippen LogP contribution is 2.77. The van der Waals surface area contributed by atoms with E-state index >= 15 is 0 Å². The maximum absolute atomic E-state index is 13.2. The summed E-state index contributed by atoms with van der Waals surface area (Å²) in [5.74, 6) is -5.39. The molecule has 3 saturated carbocycles. The molecule has 0 spiro atoms. The molecule has 3 fully saturated rings. The van der Waals surface area contributed by atoms with Crippen molar-refractivity contribution >= 4 is 5.97 Å². The summed E-state index contributed by atoms with van der Waals surface area (Å²) in [6.45, 7) is -0.411. The maximum atomic E-state index is 13.2. The van der Waals surface area contributed by atoms with Gasteiger partial charge in [0, 0.05) is 22.2 Å². The molecule has 5 atom stereocenters. The van der Waals surface area contributed by atoms with Crippen molar-refractivity contribution < 1.29 is 23.6 Å². The number of alkyl halides is 2. The molecule has 18 heavy (non-hydrogen) atoms. The van der Waals surface area contributed by atoms with Crippen LogP contribution in [0.2, 0.25) is 0 Å². The first kappa shape index (κ1) is 11.8. The van der Waals surface area contributed by atoms with Crippen LogP contribution < -0.4 is 0 Å². The highest BCUT2D eigenvalue weighted by Gasteiger charge is 2.81. The second kappa shape index (κ2) is 3.19. The predicted octanol–water partition coefficient (Wildman–Crippen LogP) is 1.65. The average molecular weight is 261 g/mol. The van der Waals surface area contributed by atoms with Crippen LogP contribution in [0.25, 0.3) is 0 Å². The van der Waals surface area contributed by atoms with Crippen molar-refractivity contribution in [2.45, 2.75) is 25.2 Å². The number of nitrogens with zero attached hydrogens (tertiary/aromatic N) is 1. The van der Waals surface area contributed by atoms with Gasteiger partial charge in [0.05, 0.1) is 6.42 Å². The van der Waals surface area contributed by atoms with E-state index in [2.05, 4.69) is 0 Å². The fraction of sp³-hybridized carbons (Fsp3) is 0.909. The lowest BCUT2D eigenvalue weighted by atomic mass is 9.52. The normalized spacial score (nSPS) is 46.8. The Morgan fingerprint density at radius 3 is 2.61 bits per heavy atom. The third-order valence-corrected chi connectivity index (χ3v) is 5.13. The van der Waals surface area contributed by atoms with E-state index in [1.165, 1.54) is 0 Å². The molecule has 0 amide bonds. The Balaban J connectivity index is 1.76. The van der Waals surface area contributed by atoms with Gasteiger partial charge in [-0.3, -0.25) is 14.9 Å². The predicted molar refractivity (Wildman–Crippen MR) is 54.7 cm³/mol. The van der Waals surface area contributed by atoms with Crippen molar-refractivity contribution in [1.29, 1.82) is 0 Å². The molecule has 0 saturated heterocycles. The molecule has 0 bridgehead atoms. The molecule has 1 N–H and O–H groups in total. The zero-order valence-corrected chi connectivity index (χ0v) is 9.51. The minimum atomic E-state index is -2.61. The molecule has 3 aliphatic carbocycles. The van der Waals surface area contributed by atoms with E-state index in [1.807, 2.05) is 0 Å². The Morgan fingerprint density at radius 2 is 2.11 bits per heavy atom. The molecule has 0 aliphatic heterocycles. The smallest absolute Gasteiger partial charge is 0.304 e. The SMILES string of the molecule is O=C(O)C[C@@]1(C[N+](=O)[O-])C[C@H]2C3C(C[C@H]21)C3(F)F. The van der Waals surface area contributed by atoms with Crippen molar-refractivity contribution in [2.75, 3.05) is 6.54 Å². The van der Waals surface area contributed by atoms with Crippen LogP contribution in [0.5, 0.6) is 0 Å². The average Bonchev–Trinajstić information content (AvgIpc) is 2.55. The monoisotopic (exact) mass is 261 g/mol. The molecule has 0 aromatic carbocycles. The lowest BCUT2D eigenvalue weighted by Gasteiger charge is -2.51. The van der Waals surface area contributed by atoms with Crippen LogP contribution in [0.1, 0.15) is 19.3 Å². The van der Waals surface area contributed by atoms with Gasteiger partial charge in [-0.05, 0) is 24.7 Å². The van der Waals surface area contributed by atoms with Crippen molar-refractivity contribution in [3.8, 4) is 0 Å². The highest BCUT2D eigenvalue weighted by molar-refractivity contribution is 5.68. The van der Waals surface area contributed by atoms with Gasteiger partial charge in [0.2, 0.25) is 6.54 Å². The van der Waals surface area contributed by atoms with Crippen LogP contribution in [0.3, 0.4) is 0 Å². The van der Waals surface area contributed by atoms with Gasteiger partial charge >= 0.3 is 5.97 Å². The van der Waals surface area contributed by atoms with Crippen molar-refractivity contribution in [2.24, 2.45) is 29.1 Å². The molecule has 7 heteroatoms. The van der Waals surface area contributed by atoms with E-state index in [4.69, 9.17) is 5.11 Å². The first-order valence-corrected chi connectivity index (χ1v) is 5.99. The number of aliphatic carboxylic acids is 1. The number of fused-ring (bicyclic) bond motifs is 3. The number of carboxylic acid groups (broad SMARTS) is 1. The Kier molecular flexibility index (Phi) is 2.09. The van der Waals surface area contributed by atoms with E-state index in [1.54, 1.807) is 0 Å². The quantitative estimate of drug-likeness (QED) is 0.616. The molecule has 100 valence electrons. The van der Waals surface area contributed by atoms with Crippen LogP contribution in [-0.2, 0) is 4.79 Å². The molecular formula is C11H13F2NO4. The first-order valence-electron chi connectivity index (χ1n) is 5.99. The summed E-state index contributed by atoms with van der Waals surface area (Å²) in [6.07, 6.45) is 0.241. The first-order chi connectivity index (χ1) is 8.28. The van der Waals surface area contributed by atoms with Crippen LogP contribution in [0.4, 0.5) is 8.78 Å². The van der Waals surface area contributed by atoms with Crippen LogP contribution in [-0.4, -0.2) is 28.5 Å². The van der Waals surface area contributed by atoms with Gasteiger partial charge in [0.25, 0.3) is 5.92 Å². The van der Waals surface area contributed by atoms with Gasteiger partial charge in [-0.15, -0.1) is 0 Å². The Bertz CT molecular complexity index is 423. The number of rotatable bonds is 4. The van der Waals surface area contributed by atoms with Crippen LogP contribution in [0.15, 0.2) is 0 Å². The molecule has 0 aromatic rings. The van der Waals surface area contributed by atoms with Gasteiger partial charge in [-0.2, -0.15) is 0 Å². The molecule has 3 aliphatic rings. The fourth-order valence-corrected chi connectivity index (χ4v) is 4.44. The number of hydrogen-bond donors (Lipinski definition) is 1. The summed E-state index contributed by atoms with van der Waals surface area (Å²) in [7, 11) is 0. The molecular weight excluding hydrogens is 248 g/mol. The summed E-state index contributed by atoms with van der Waals surface area (Å²) in [5.41, 5.74) is -0.885. The van der Waals surface area contributed by atoms with Gasteiger partial charge in [-0.1, -0.05) is 0 Å².